The van der Waals surface area contributed by atoms with Crippen molar-refractivity contribution in [3.8, 4) is 0 Å². The second-order valence-electron chi connectivity index (χ2n) is 6.98. The van der Waals surface area contributed by atoms with Crippen LogP contribution in [0.3, 0.4) is 0 Å². The molecule has 0 spiro atoms. The zero-order valence-electron chi connectivity index (χ0n) is 16.6. The summed E-state index contributed by atoms with van der Waals surface area (Å²) in [6.45, 7) is 2.75. The van der Waals surface area contributed by atoms with Gasteiger partial charge in [0.1, 0.15) is 0 Å². The number of nitrogens with zero attached hydrogens (tertiary/aromatic N) is 1. The highest BCUT2D eigenvalue weighted by Crippen LogP contribution is 2.31. The monoisotopic (exact) mass is 423 g/mol. The summed E-state index contributed by atoms with van der Waals surface area (Å²) in [5.41, 5.74) is 3.83. The number of ether oxygens (including phenoxy) is 1. The minimum atomic E-state index is -0.462. The molecule has 2 heterocycles. The molecule has 0 saturated carbocycles. The third-order valence-corrected chi connectivity index (χ3v) is 5.48. The molecular formula is C23H22ClN3O3. The molecule has 0 radical (unpaired) electrons. The van der Waals surface area contributed by atoms with Crippen LogP contribution in [0.25, 0.3) is 16.5 Å². The molecule has 0 atom stereocenters. The fourth-order valence-corrected chi connectivity index (χ4v) is 3.85. The van der Waals surface area contributed by atoms with Crippen molar-refractivity contribution in [1.82, 2.24) is 15.2 Å². The largest absolute Gasteiger partial charge is 0.462 e. The molecule has 0 fully saturated rings. The third-order valence-electron chi connectivity index (χ3n) is 5.11. The zero-order valence-corrected chi connectivity index (χ0v) is 17.3. The molecule has 1 aromatic heterocycles. The van der Waals surface area contributed by atoms with E-state index in [1.165, 1.54) is 4.90 Å². The molecule has 2 aromatic carbocycles. The van der Waals surface area contributed by atoms with Gasteiger partial charge >= 0.3 is 12.0 Å². The van der Waals surface area contributed by atoms with E-state index < -0.39 is 5.97 Å². The fraction of sp³-hybridized carbons (Fsp3) is 0.217. The third kappa shape index (κ3) is 3.91. The number of aromatic amines is 1. The summed E-state index contributed by atoms with van der Waals surface area (Å²) in [7, 11) is 0. The van der Waals surface area contributed by atoms with Crippen molar-refractivity contribution in [3.05, 3.63) is 76.6 Å². The van der Waals surface area contributed by atoms with Crippen LogP contribution < -0.4 is 5.32 Å². The minimum absolute atomic E-state index is 0.254. The van der Waals surface area contributed by atoms with Gasteiger partial charge in [-0.1, -0.05) is 48.0 Å². The summed E-state index contributed by atoms with van der Waals surface area (Å²) in [6.07, 6.45) is 2.18. The molecule has 7 heteroatoms. The molecule has 6 nitrogen and oxygen atoms in total. The Bertz CT molecular complexity index is 1140. The Morgan fingerprint density at radius 1 is 1.17 bits per heavy atom. The van der Waals surface area contributed by atoms with E-state index in [1.807, 2.05) is 42.5 Å². The van der Waals surface area contributed by atoms with Gasteiger partial charge in [0.15, 0.2) is 0 Å². The molecule has 4 rings (SSSR count). The van der Waals surface area contributed by atoms with Crippen LogP contribution in [-0.4, -0.2) is 35.0 Å². The molecule has 1 aliphatic rings. The average molecular weight is 424 g/mol. The lowest BCUT2D eigenvalue weighted by Crippen LogP contribution is -2.37. The SMILES string of the molecule is CCOC(=O)C1=CN(C(=O)NCc2ccccc2Cl)CCc2c1[nH]c1ccccc21. The van der Waals surface area contributed by atoms with Gasteiger partial charge in [0, 0.05) is 35.2 Å². The van der Waals surface area contributed by atoms with Crippen LogP contribution in [0, 0.1) is 0 Å². The van der Waals surface area contributed by atoms with Crippen LogP contribution in [-0.2, 0) is 22.5 Å². The maximum absolute atomic E-state index is 12.9. The highest BCUT2D eigenvalue weighted by molar-refractivity contribution is 6.31. The molecule has 2 N–H and O–H groups in total. The maximum atomic E-state index is 12.9. The average Bonchev–Trinajstić information content (AvgIpc) is 3.00. The second kappa shape index (κ2) is 8.63. The number of amides is 2. The summed E-state index contributed by atoms with van der Waals surface area (Å²) in [6, 6.07) is 15.0. The number of halogens is 1. The first-order valence-electron chi connectivity index (χ1n) is 9.85. The number of hydrogen-bond donors (Lipinski definition) is 2. The molecule has 0 unspecified atom stereocenters. The minimum Gasteiger partial charge on any atom is -0.462 e. The number of aromatic nitrogens is 1. The summed E-state index contributed by atoms with van der Waals surface area (Å²) in [5, 5.41) is 4.52. The van der Waals surface area contributed by atoms with E-state index in [0.29, 0.717) is 35.8 Å². The number of hydrogen-bond acceptors (Lipinski definition) is 3. The Labute approximate surface area is 179 Å². The van der Waals surface area contributed by atoms with Gasteiger partial charge in [0.05, 0.1) is 17.9 Å². The normalized spacial score (nSPS) is 13.4. The van der Waals surface area contributed by atoms with E-state index >= 15 is 0 Å². The maximum Gasteiger partial charge on any atom is 0.341 e. The first-order chi connectivity index (χ1) is 14.6. The predicted octanol–water partition coefficient (Wildman–Crippen LogP) is 4.49. The Morgan fingerprint density at radius 3 is 2.73 bits per heavy atom. The van der Waals surface area contributed by atoms with Crippen LogP contribution in [0.15, 0.2) is 54.7 Å². The molecule has 0 saturated heterocycles. The van der Waals surface area contributed by atoms with E-state index in [1.54, 1.807) is 19.2 Å². The van der Waals surface area contributed by atoms with Crippen LogP contribution in [0.2, 0.25) is 5.02 Å². The van der Waals surface area contributed by atoms with Crippen molar-refractivity contribution in [1.29, 1.82) is 0 Å². The molecule has 3 aromatic rings. The van der Waals surface area contributed by atoms with Crippen molar-refractivity contribution < 1.29 is 14.3 Å². The molecule has 0 aliphatic carbocycles. The van der Waals surface area contributed by atoms with Crippen molar-refractivity contribution >= 4 is 40.1 Å². The first kappa shape index (κ1) is 20.0. The summed E-state index contributed by atoms with van der Waals surface area (Å²) in [5.74, 6) is -0.462. The van der Waals surface area contributed by atoms with Gasteiger partial charge < -0.3 is 15.0 Å². The van der Waals surface area contributed by atoms with Gasteiger partial charge in [-0.25, -0.2) is 9.59 Å². The number of esters is 1. The number of H-pyrrole nitrogens is 1. The number of urea groups is 1. The topological polar surface area (TPSA) is 74.4 Å². The Morgan fingerprint density at radius 2 is 1.93 bits per heavy atom. The van der Waals surface area contributed by atoms with Gasteiger partial charge in [0.25, 0.3) is 0 Å². The number of fused-ring (bicyclic) bond motifs is 3. The second-order valence-corrected chi connectivity index (χ2v) is 7.39. The van der Waals surface area contributed by atoms with Crippen molar-refractivity contribution in [2.75, 3.05) is 13.2 Å². The lowest BCUT2D eigenvalue weighted by molar-refractivity contribution is -0.136. The van der Waals surface area contributed by atoms with Gasteiger partial charge in [-0.05, 0) is 36.6 Å². The van der Waals surface area contributed by atoms with Gasteiger partial charge in [-0.3, -0.25) is 4.90 Å². The van der Waals surface area contributed by atoms with Crippen molar-refractivity contribution in [3.63, 3.8) is 0 Å². The lowest BCUT2D eigenvalue weighted by Gasteiger charge is -2.19. The van der Waals surface area contributed by atoms with Crippen LogP contribution >= 0.6 is 11.6 Å². The molecule has 154 valence electrons. The Hall–Kier alpha value is -3.25. The molecule has 2 amide bonds. The van der Waals surface area contributed by atoms with E-state index in [2.05, 4.69) is 10.3 Å². The number of rotatable bonds is 4. The molecule has 1 aliphatic heterocycles. The van der Waals surface area contributed by atoms with E-state index in [9.17, 15) is 9.59 Å². The number of benzene rings is 2. The zero-order chi connectivity index (χ0) is 21.1. The highest BCUT2D eigenvalue weighted by Gasteiger charge is 2.27. The number of para-hydroxylation sites is 1. The summed E-state index contributed by atoms with van der Waals surface area (Å²) >= 11 is 6.18. The number of carbonyl (C=O) groups is 2. The fourth-order valence-electron chi connectivity index (χ4n) is 3.64. The highest BCUT2D eigenvalue weighted by atomic mass is 35.5. The standard InChI is InChI=1S/C23H22ClN3O3/c1-2-30-22(28)18-14-27(23(29)25-13-15-7-3-5-9-19(15)24)12-11-17-16-8-4-6-10-20(16)26-21(17)18/h3-10,14,26H,2,11-13H2,1H3,(H,25,29). The van der Waals surface area contributed by atoms with Crippen molar-refractivity contribution in [2.45, 2.75) is 19.9 Å². The molecular weight excluding hydrogens is 402 g/mol. The Kier molecular flexibility index (Phi) is 5.77. The van der Waals surface area contributed by atoms with Crippen molar-refractivity contribution in [2.24, 2.45) is 0 Å². The predicted molar refractivity (Wildman–Crippen MR) is 117 cm³/mol. The Balaban J connectivity index is 1.63. The quantitative estimate of drug-likeness (QED) is 0.607. The smallest absolute Gasteiger partial charge is 0.341 e. The number of carbonyl (C=O) groups excluding carboxylic acids is 2. The molecule has 30 heavy (non-hydrogen) atoms. The summed E-state index contributed by atoms with van der Waals surface area (Å²) in [4.78, 5) is 30.4. The van der Waals surface area contributed by atoms with Gasteiger partial charge in [-0.2, -0.15) is 0 Å². The van der Waals surface area contributed by atoms with E-state index in [0.717, 1.165) is 22.0 Å². The molecule has 0 bridgehead atoms. The van der Waals surface area contributed by atoms with Gasteiger partial charge in [-0.15, -0.1) is 0 Å². The van der Waals surface area contributed by atoms with Crippen LogP contribution in [0.1, 0.15) is 23.7 Å². The van der Waals surface area contributed by atoms with E-state index in [4.69, 9.17) is 16.3 Å². The van der Waals surface area contributed by atoms with E-state index in [-0.39, 0.29) is 12.6 Å². The van der Waals surface area contributed by atoms with Gasteiger partial charge in [0.2, 0.25) is 0 Å². The van der Waals surface area contributed by atoms with Crippen LogP contribution in [0.4, 0.5) is 4.79 Å². The lowest BCUT2D eigenvalue weighted by atomic mass is 10.0. The first-order valence-corrected chi connectivity index (χ1v) is 10.2. The number of nitrogens with one attached hydrogen (secondary N) is 2. The van der Waals surface area contributed by atoms with Crippen LogP contribution in [0.5, 0.6) is 0 Å². The summed E-state index contributed by atoms with van der Waals surface area (Å²) < 4.78 is 5.26.